The number of aliphatic carboxylic acids is 1. The monoisotopic (exact) mass is 208 g/mol. The van der Waals surface area contributed by atoms with Gasteiger partial charge in [0.15, 0.2) is 0 Å². The van der Waals surface area contributed by atoms with Crippen molar-refractivity contribution in [3.8, 4) is 18.6 Å². The first-order valence-electron chi connectivity index (χ1n) is 4.37. The molecule has 0 fully saturated rings. The molecule has 82 valence electrons. The zero-order valence-electron chi connectivity index (χ0n) is 8.97. The number of hydrogen-bond donors (Lipinski definition) is 2. The van der Waals surface area contributed by atoms with E-state index in [4.69, 9.17) is 10.2 Å². The number of carbonyl (C=O) groups is 1. The Bertz CT molecular complexity index is 264. The van der Waals surface area contributed by atoms with Gasteiger partial charge in [0.1, 0.15) is 5.75 Å². The van der Waals surface area contributed by atoms with Crippen molar-refractivity contribution in [2.24, 2.45) is 0 Å². The van der Waals surface area contributed by atoms with E-state index in [1.165, 1.54) is 5.56 Å². The van der Waals surface area contributed by atoms with Crippen LogP contribution in [0, 0.1) is 19.8 Å². The molecule has 1 aromatic carbocycles. The van der Waals surface area contributed by atoms with Gasteiger partial charge in [0.05, 0.1) is 0 Å². The molecule has 1 rings (SSSR count). The zero-order valence-corrected chi connectivity index (χ0v) is 8.97. The van der Waals surface area contributed by atoms with Crippen molar-refractivity contribution in [1.82, 2.24) is 0 Å². The summed E-state index contributed by atoms with van der Waals surface area (Å²) in [6.45, 7) is 3.59. The molecule has 3 heteroatoms. The van der Waals surface area contributed by atoms with E-state index in [2.05, 4.69) is 12.8 Å². The molecule has 0 aliphatic heterocycles. The second-order valence-electron chi connectivity index (χ2n) is 2.58. The lowest BCUT2D eigenvalue weighted by molar-refractivity contribution is -0.136. The summed E-state index contributed by atoms with van der Waals surface area (Å²) >= 11 is 0. The average Bonchev–Trinajstić information content (AvgIpc) is 2.26. The van der Waals surface area contributed by atoms with Gasteiger partial charge < -0.3 is 10.2 Å². The molecule has 0 saturated carbocycles. The summed E-state index contributed by atoms with van der Waals surface area (Å²) in [7, 11) is 0. The van der Waals surface area contributed by atoms with Gasteiger partial charge in [0, 0.05) is 6.42 Å². The van der Waals surface area contributed by atoms with E-state index in [-0.39, 0.29) is 6.42 Å². The van der Waals surface area contributed by atoms with Crippen LogP contribution in [0.15, 0.2) is 24.3 Å². The van der Waals surface area contributed by atoms with E-state index >= 15 is 0 Å². The van der Waals surface area contributed by atoms with E-state index in [1.807, 2.05) is 19.1 Å². The molecule has 15 heavy (non-hydrogen) atoms. The normalized spacial score (nSPS) is 7.47. The maximum Gasteiger partial charge on any atom is 0.303 e. The van der Waals surface area contributed by atoms with Gasteiger partial charge in [-0.25, -0.2) is 0 Å². The van der Waals surface area contributed by atoms with Gasteiger partial charge >= 0.3 is 5.97 Å². The third-order valence-electron chi connectivity index (χ3n) is 1.34. The molecular formula is C12H16O3. The summed E-state index contributed by atoms with van der Waals surface area (Å²) in [4.78, 5) is 9.37. The summed E-state index contributed by atoms with van der Waals surface area (Å²) < 4.78 is 0. The first kappa shape index (κ1) is 15.5. The van der Waals surface area contributed by atoms with Crippen molar-refractivity contribution in [3.63, 3.8) is 0 Å². The Hall–Kier alpha value is -1.95. The quantitative estimate of drug-likeness (QED) is 0.697. The SMILES string of the molecule is C#C.CCC(=O)O.Cc1ccc(O)cc1. The van der Waals surface area contributed by atoms with Crippen molar-refractivity contribution < 1.29 is 15.0 Å². The van der Waals surface area contributed by atoms with Crippen LogP contribution < -0.4 is 0 Å². The molecule has 2 N–H and O–H groups in total. The van der Waals surface area contributed by atoms with Crippen LogP contribution in [0.25, 0.3) is 0 Å². The summed E-state index contributed by atoms with van der Waals surface area (Å²) in [5.74, 6) is -0.416. The largest absolute Gasteiger partial charge is 0.508 e. The molecule has 0 aliphatic carbocycles. The molecule has 0 aromatic heterocycles. The van der Waals surface area contributed by atoms with Gasteiger partial charge in [-0.15, -0.1) is 12.8 Å². The molecule has 0 atom stereocenters. The van der Waals surface area contributed by atoms with Crippen LogP contribution in [0.3, 0.4) is 0 Å². The highest BCUT2D eigenvalue weighted by Gasteiger charge is 1.82. The number of aromatic hydroxyl groups is 1. The summed E-state index contributed by atoms with van der Waals surface area (Å²) in [6, 6.07) is 7.09. The van der Waals surface area contributed by atoms with Crippen molar-refractivity contribution in [1.29, 1.82) is 0 Å². The Balaban J connectivity index is 0. The lowest BCUT2D eigenvalue weighted by Crippen LogP contribution is -1.86. The van der Waals surface area contributed by atoms with Crippen molar-refractivity contribution >= 4 is 5.97 Å². The van der Waals surface area contributed by atoms with E-state index in [0.717, 1.165) is 0 Å². The number of benzene rings is 1. The number of hydrogen-bond acceptors (Lipinski definition) is 2. The first-order chi connectivity index (χ1) is 7.06. The fourth-order valence-corrected chi connectivity index (χ4v) is 0.545. The average molecular weight is 208 g/mol. The molecule has 0 heterocycles. The van der Waals surface area contributed by atoms with Crippen molar-refractivity contribution in [3.05, 3.63) is 29.8 Å². The summed E-state index contributed by atoms with van der Waals surface area (Å²) in [5, 5.41) is 16.5. The maximum absolute atomic E-state index is 9.37. The second-order valence-corrected chi connectivity index (χ2v) is 2.58. The predicted molar refractivity (Wildman–Crippen MR) is 60.7 cm³/mol. The number of phenols is 1. The van der Waals surface area contributed by atoms with Crippen LogP contribution in [0.5, 0.6) is 5.75 Å². The minimum absolute atomic E-state index is 0.222. The zero-order chi connectivity index (χ0) is 12.3. The van der Waals surface area contributed by atoms with Crippen molar-refractivity contribution in [2.45, 2.75) is 20.3 Å². The van der Waals surface area contributed by atoms with Crippen LogP contribution in [0.2, 0.25) is 0 Å². The smallest absolute Gasteiger partial charge is 0.303 e. The van der Waals surface area contributed by atoms with Crippen LogP contribution >= 0.6 is 0 Å². The third kappa shape index (κ3) is 12.1. The van der Waals surface area contributed by atoms with Crippen molar-refractivity contribution in [2.75, 3.05) is 0 Å². The highest BCUT2D eigenvalue weighted by molar-refractivity contribution is 5.66. The topological polar surface area (TPSA) is 57.5 Å². The Morgan fingerprint density at radius 2 is 1.60 bits per heavy atom. The molecule has 0 spiro atoms. The lowest BCUT2D eigenvalue weighted by Gasteiger charge is -1.89. The van der Waals surface area contributed by atoms with E-state index < -0.39 is 5.97 Å². The minimum Gasteiger partial charge on any atom is -0.508 e. The van der Waals surface area contributed by atoms with E-state index in [9.17, 15) is 4.79 Å². The maximum atomic E-state index is 9.37. The number of phenolic OH excluding ortho intramolecular Hbond substituents is 1. The van der Waals surface area contributed by atoms with E-state index in [1.54, 1.807) is 19.1 Å². The Labute approximate surface area is 90.4 Å². The fourth-order valence-electron chi connectivity index (χ4n) is 0.545. The second kappa shape index (κ2) is 10.1. The van der Waals surface area contributed by atoms with Gasteiger partial charge in [-0.1, -0.05) is 24.6 Å². The third-order valence-corrected chi connectivity index (χ3v) is 1.34. The van der Waals surface area contributed by atoms with Crippen LogP contribution in [0.4, 0.5) is 0 Å². The molecular weight excluding hydrogens is 192 g/mol. The molecule has 0 saturated heterocycles. The number of rotatable bonds is 1. The van der Waals surface area contributed by atoms with Gasteiger partial charge in [0.2, 0.25) is 0 Å². The molecule has 3 nitrogen and oxygen atoms in total. The molecule has 0 bridgehead atoms. The molecule has 0 aliphatic rings. The number of carboxylic acids is 1. The number of terminal acetylenes is 1. The summed E-state index contributed by atoms with van der Waals surface area (Å²) in [6.07, 6.45) is 8.22. The highest BCUT2D eigenvalue weighted by Crippen LogP contribution is 2.07. The predicted octanol–water partition coefficient (Wildman–Crippen LogP) is 2.43. The van der Waals surface area contributed by atoms with Crippen LogP contribution in [-0.4, -0.2) is 16.2 Å². The molecule has 0 amide bonds. The molecule has 0 unspecified atom stereocenters. The molecule has 0 radical (unpaired) electrons. The highest BCUT2D eigenvalue weighted by atomic mass is 16.4. The standard InChI is InChI=1S/C7H8O.C3H6O2.C2H2/c1-6-2-4-7(8)5-3-6;1-2-3(4)5;1-2/h2-5,8H,1H3;2H2,1H3,(H,4,5);1-2H. The summed E-state index contributed by atoms with van der Waals surface area (Å²) in [5.41, 5.74) is 1.17. The van der Waals surface area contributed by atoms with E-state index in [0.29, 0.717) is 5.75 Å². The number of aryl methyl sites for hydroxylation is 1. The lowest BCUT2D eigenvalue weighted by atomic mass is 10.2. The first-order valence-corrected chi connectivity index (χ1v) is 4.37. The van der Waals surface area contributed by atoms with Crippen LogP contribution in [0.1, 0.15) is 18.9 Å². The van der Waals surface area contributed by atoms with Gasteiger partial charge in [-0.3, -0.25) is 4.79 Å². The molecule has 1 aromatic rings. The van der Waals surface area contributed by atoms with Crippen LogP contribution in [-0.2, 0) is 4.79 Å². The van der Waals surface area contributed by atoms with Gasteiger partial charge in [0.25, 0.3) is 0 Å². The van der Waals surface area contributed by atoms with Gasteiger partial charge in [-0.2, -0.15) is 0 Å². The minimum atomic E-state index is -0.745. The fraction of sp³-hybridized carbons (Fsp3) is 0.250. The Kier molecular flexibility index (Phi) is 10.5. The Morgan fingerprint density at radius 1 is 1.27 bits per heavy atom. The van der Waals surface area contributed by atoms with Gasteiger partial charge in [-0.05, 0) is 19.1 Å². The number of carboxylic acid groups (broad SMARTS) is 1. The Morgan fingerprint density at radius 3 is 1.80 bits per heavy atom.